The molecule has 0 saturated carbocycles. The molecule has 1 unspecified atom stereocenters. The minimum absolute atomic E-state index is 0.0589. The van der Waals surface area contributed by atoms with E-state index in [0.29, 0.717) is 24.2 Å². The molecule has 0 spiro atoms. The SMILES string of the molecule is COc1ccccc1N1CCN(c2ccc(NC(=O)CC(C)(C)C)cc2C(=O)NCC2CCCO2)CC1. The summed E-state index contributed by atoms with van der Waals surface area (Å²) in [7, 11) is 1.69. The van der Waals surface area contributed by atoms with Gasteiger partial charge in [-0.2, -0.15) is 0 Å². The van der Waals surface area contributed by atoms with Crippen molar-refractivity contribution in [2.45, 2.75) is 46.1 Å². The molecular formula is C29H40N4O4. The highest BCUT2D eigenvalue weighted by molar-refractivity contribution is 6.02. The van der Waals surface area contributed by atoms with E-state index in [1.165, 1.54) is 0 Å². The third-order valence-electron chi connectivity index (χ3n) is 6.78. The van der Waals surface area contributed by atoms with Gasteiger partial charge in [0.15, 0.2) is 0 Å². The molecule has 37 heavy (non-hydrogen) atoms. The number of carbonyl (C=O) groups is 2. The molecule has 2 aromatic carbocycles. The maximum Gasteiger partial charge on any atom is 0.253 e. The molecule has 8 nitrogen and oxygen atoms in total. The molecule has 0 radical (unpaired) electrons. The second kappa shape index (κ2) is 11.9. The van der Waals surface area contributed by atoms with Crippen LogP contribution >= 0.6 is 0 Å². The highest BCUT2D eigenvalue weighted by atomic mass is 16.5. The molecule has 2 aliphatic rings. The van der Waals surface area contributed by atoms with Crippen molar-refractivity contribution in [3.63, 3.8) is 0 Å². The highest BCUT2D eigenvalue weighted by Gasteiger charge is 2.25. The molecule has 1 atom stereocenters. The van der Waals surface area contributed by atoms with Gasteiger partial charge >= 0.3 is 0 Å². The Bertz CT molecular complexity index is 1080. The van der Waals surface area contributed by atoms with E-state index in [0.717, 1.165) is 62.8 Å². The normalized spacial score (nSPS) is 18.0. The molecule has 0 bridgehead atoms. The van der Waals surface area contributed by atoms with Crippen molar-refractivity contribution in [1.82, 2.24) is 5.32 Å². The van der Waals surface area contributed by atoms with E-state index in [4.69, 9.17) is 9.47 Å². The lowest BCUT2D eigenvalue weighted by atomic mass is 9.92. The molecule has 4 rings (SSSR count). The zero-order valence-corrected chi connectivity index (χ0v) is 22.5. The number of ether oxygens (including phenoxy) is 2. The van der Waals surface area contributed by atoms with Gasteiger partial charge in [-0.15, -0.1) is 0 Å². The summed E-state index contributed by atoms with van der Waals surface area (Å²) in [4.78, 5) is 30.5. The van der Waals surface area contributed by atoms with Gasteiger partial charge < -0.3 is 29.9 Å². The molecule has 0 aliphatic carbocycles. The Balaban J connectivity index is 1.50. The number of nitrogens with zero attached hydrogens (tertiary/aromatic N) is 2. The van der Waals surface area contributed by atoms with Crippen molar-refractivity contribution in [3.05, 3.63) is 48.0 Å². The van der Waals surface area contributed by atoms with E-state index >= 15 is 0 Å². The van der Waals surface area contributed by atoms with Crippen LogP contribution in [0.5, 0.6) is 5.75 Å². The summed E-state index contributed by atoms with van der Waals surface area (Å²) in [6.45, 7) is 10.5. The quantitative estimate of drug-likeness (QED) is 0.553. The van der Waals surface area contributed by atoms with Gasteiger partial charge in [0.05, 0.1) is 24.5 Å². The molecule has 8 heteroatoms. The third-order valence-corrected chi connectivity index (χ3v) is 6.78. The Morgan fingerprint density at radius 1 is 1.03 bits per heavy atom. The first-order chi connectivity index (χ1) is 17.7. The van der Waals surface area contributed by atoms with Crippen LogP contribution < -0.4 is 25.2 Å². The molecule has 2 amide bonds. The first kappa shape index (κ1) is 26.8. The standard InChI is InChI=1S/C29H40N4O4/c1-29(2,3)19-27(34)31-21-11-12-24(23(18-21)28(35)30-20-22-8-7-17-37-22)32-13-15-33(16-14-32)25-9-5-6-10-26(25)36-4/h5-6,9-12,18,22H,7-8,13-17,19-20H2,1-4H3,(H,30,35)(H,31,34). The van der Waals surface area contributed by atoms with Crippen LogP contribution in [0.1, 0.15) is 50.4 Å². The van der Waals surface area contributed by atoms with Crippen LogP contribution in [0.15, 0.2) is 42.5 Å². The van der Waals surface area contributed by atoms with Crippen molar-refractivity contribution < 1.29 is 19.1 Å². The summed E-state index contributed by atoms with van der Waals surface area (Å²) in [6, 6.07) is 13.7. The summed E-state index contributed by atoms with van der Waals surface area (Å²) < 4.78 is 11.2. The van der Waals surface area contributed by atoms with Gasteiger partial charge in [-0.3, -0.25) is 9.59 Å². The van der Waals surface area contributed by atoms with E-state index < -0.39 is 0 Å². The lowest BCUT2D eigenvalue weighted by Gasteiger charge is -2.38. The first-order valence-corrected chi connectivity index (χ1v) is 13.2. The van der Waals surface area contributed by atoms with Crippen LogP contribution in [0.4, 0.5) is 17.1 Å². The summed E-state index contributed by atoms with van der Waals surface area (Å²) in [5.41, 5.74) is 3.03. The van der Waals surface area contributed by atoms with Crippen LogP contribution in [0.25, 0.3) is 0 Å². The average Bonchev–Trinajstić information content (AvgIpc) is 3.40. The van der Waals surface area contributed by atoms with Crippen molar-refractivity contribution in [3.8, 4) is 5.75 Å². The number of carbonyl (C=O) groups excluding carboxylic acids is 2. The number of piperazine rings is 1. The first-order valence-electron chi connectivity index (χ1n) is 13.2. The molecule has 2 aromatic rings. The lowest BCUT2D eigenvalue weighted by molar-refractivity contribution is -0.117. The van der Waals surface area contributed by atoms with Crippen molar-refractivity contribution >= 4 is 28.9 Å². The Kier molecular flexibility index (Phi) is 8.59. The number of para-hydroxylation sites is 2. The topological polar surface area (TPSA) is 83.1 Å². The minimum Gasteiger partial charge on any atom is -0.495 e. The fourth-order valence-corrected chi connectivity index (χ4v) is 4.94. The number of hydrogen-bond acceptors (Lipinski definition) is 6. The van der Waals surface area contributed by atoms with Gasteiger partial charge in [-0.1, -0.05) is 32.9 Å². The van der Waals surface area contributed by atoms with Gasteiger partial charge in [0.2, 0.25) is 5.91 Å². The summed E-state index contributed by atoms with van der Waals surface area (Å²) in [5, 5.41) is 6.04. The maximum atomic E-state index is 13.4. The van der Waals surface area contributed by atoms with Crippen molar-refractivity contribution in [2.24, 2.45) is 5.41 Å². The Hall–Kier alpha value is -3.26. The van der Waals surface area contributed by atoms with Gasteiger partial charge in [0.1, 0.15) is 5.75 Å². The van der Waals surface area contributed by atoms with E-state index in [2.05, 4.69) is 26.5 Å². The molecular weight excluding hydrogens is 468 g/mol. The predicted octanol–water partition coefficient (Wildman–Crippen LogP) is 4.31. The summed E-state index contributed by atoms with van der Waals surface area (Å²) >= 11 is 0. The minimum atomic E-state index is -0.149. The summed E-state index contributed by atoms with van der Waals surface area (Å²) in [6.07, 6.45) is 2.45. The Morgan fingerprint density at radius 3 is 2.38 bits per heavy atom. The van der Waals surface area contributed by atoms with E-state index in [-0.39, 0.29) is 23.3 Å². The highest BCUT2D eigenvalue weighted by Crippen LogP contribution is 2.31. The van der Waals surface area contributed by atoms with Gasteiger partial charge in [0, 0.05) is 57.1 Å². The van der Waals surface area contributed by atoms with Crippen LogP contribution in [0.2, 0.25) is 0 Å². The number of hydrogen-bond donors (Lipinski definition) is 2. The van der Waals surface area contributed by atoms with E-state index in [1.54, 1.807) is 13.2 Å². The molecule has 2 saturated heterocycles. The number of amides is 2. The monoisotopic (exact) mass is 508 g/mol. The maximum absolute atomic E-state index is 13.4. The van der Waals surface area contributed by atoms with Crippen molar-refractivity contribution in [2.75, 3.05) is 61.6 Å². The number of anilines is 3. The Labute approximate surface area is 220 Å². The summed E-state index contributed by atoms with van der Waals surface area (Å²) in [5.74, 6) is 0.654. The number of rotatable bonds is 8. The lowest BCUT2D eigenvalue weighted by Crippen LogP contribution is -2.47. The zero-order valence-electron chi connectivity index (χ0n) is 22.5. The molecule has 2 N–H and O–H groups in total. The van der Waals surface area contributed by atoms with Gasteiger partial charge in [-0.05, 0) is 48.6 Å². The molecule has 2 fully saturated rings. The van der Waals surface area contributed by atoms with Gasteiger partial charge in [-0.25, -0.2) is 0 Å². The predicted molar refractivity (Wildman–Crippen MR) is 148 cm³/mol. The van der Waals surface area contributed by atoms with Crippen molar-refractivity contribution in [1.29, 1.82) is 0 Å². The van der Waals surface area contributed by atoms with E-state index in [9.17, 15) is 9.59 Å². The largest absolute Gasteiger partial charge is 0.495 e. The Morgan fingerprint density at radius 2 is 1.73 bits per heavy atom. The number of methoxy groups -OCH3 is 1. The fraction of sp³-hybridized carbons (Fsp3) is 0.517. The molecule has 2 heterocycles. The van der Waals surface area contributed by atoms with Crippen LogP contribution in [0, 0.1) is 5.41 Å². The van der Waals surface area contributed by atoms with E-state index in [1.807, 2.05) is 51.1 Å². The number of nitrogens with one attached hydrogen (secondary N) is 2. The molecule has 0 aromatic heterocycles. The second-order valence-electron chi connectivity index (χ2n) is 11.0. The molecule has 200 valence electrons. The van der Waals surface area contributed by atoms with Crippen LogP contribution in [-0.4, -0.2) is 64.4 Å². The van der Waals surface area contributed by atoms with Crippen LogP contribution in [-0.2, 0) is 9.53 Å². The average molecular weight is 509 g/mol. The number of benzene rings is 2. The smallest absolute Gasteiger partial charge is 0.253 e. The third kappa shape index (κ3) is 7.16. The molecule has 2 aliphatic heterocycles. The van der Waals surface area contributed by atoms with Crippen LogP contribution in [0.3, 0.4) is 0 Å². The second-order valence-corrected chi connectivity index (χ2v) is 11.0. The van der Waals surface area contributed by atoms with Gasteiger partial charge in [0.25, 0.3) is 5.91 Å². The fourth-order valence-electron chi connectivity index (χ4n) is 4.94. The zero-order chi connectivity index (χ0) is 26.4.